The van der Waals surface area contributed by atoms with Gasteiger partial charge in [-0.25, -0.2) is 9.78 Å². The summed E-state index contributed by atoms with van der Waals surface area (Å²) >= 11 is 11.6. The summed E-state index contributed by atoms with van der Waals surface area (Å²) in [5.41, 5.74) is -0.0932. The van der Waals surface area contributed by atoms with Gasteiger partial charge in [0.15, 0.2) is 6.61 Å². The molecule has 0 saturated heterocycles. The molecule has 2 aromatic rings. The number of nitro groups is 1. The molecule has 10 heteroatoms. The van der Waals surface area contributed by atoms with Crippen LogP contribution in [0.15, 0.2) is 36.5 Å². The summed E-state index contributed by atoms with van der Waals surface area (Å²) in [5.74, 6) is -1.48. The number of carbonyl (C=O) groups excluding carboxylic acids is 2. The third-order valence-electron chi connectivity index (χ3n) is 2.70. The number of nitrogens with zero attached hydrogens (tertiary/aromatic N) is 2. The van der Waals surface area contributed by atoms with Crippen molar-refractivity contribution < 1.29 is 19.2 Å². The number of hydrogen-bond acceptors (Lipinski definition) is 6. The number of halogens is 2. The highest BCUT2D eigenvalue weighted by Gasteiger charge is 2.14. The molecule has 0 aliphatic heterocycles. The minimum atomic E-state index is -0.817. The molecule has 1 amide bonds. The number of anilines is 1. The van der Waals surface area contributed by atoms with Crippen molar-refractivity contribution in [1.82, 2.24) is 4.98 Å². The Hall–Kier alpha value is -2.71. The first kappa shape index (κ1) is 17.6. The van der Waals surface area contributed by atoms with Gasteiger partial charge in [-0.05, 0) is 18.2 Å². The molecule has 1 N–H and O–H groups in total. The number of nitro benzene ring substituents is 1. The molecule has 0 saturated carbocycles. The SMILES string of the molecule is O=C(COC(=O)c1cc(Cl)ccn1)Nc1ccc([N+](=O)[O-])cc1Cl. The third-order valence-corrected chi connectivity index (χ3v) is 3.25. The number of esters is 1. The lowest BCUT2D eigenvalue weighted by atomic mass is 10.3. The van der Waals surface area contributed by atoms with Gasteiger partial charge < -0.3 is 10.1 Å². The van der Waals surface area contributed by atoms with E-state index in [2.05, 4.69) is 10.3 Å². The number of benzene rings is 1. The van der Waals surface area contributed by atoms with E-state index in [1.54, 1.807) is 0 Å². The van der Waals surface area contributed by atoms with Crippen molar-refractivity contribution in [3.05, 3.63) is 62.4 Å². The lowest BCUT2D eigenvalue weighted by Gasteiger charge is -2.08. The van der Waals surface area contributed by atoms with Crippen LogP contribution < -0.4 is 5.32 Å². The van der Waals surface area contributed by atoms with E-state index >= 15 is 0 Å². The number of aromatic nitrogens is 1. The Morgan fingerprint density at radius 2 is 2.00 bits per heavy atom. The van der Waals surface area contributed by atoms with E-state index in [9.17, 15) is 19.7 Å². The van der Waals surface area contributed by atoms with Gasteiger partial charge >= 0.3 is 5.97 Å². The van der Waals surface area contributed by atoms with Crippen LogP contribution in [0.2, 0.25) is 10.0 Å². The summed E-state index contributed by atoms with van der Waals surface area (Å²) in [7, 11) is 0. The van der Waals surface area contributed by atoms with Crippen LogP contribution in [0.4, 0.5) is 11.4 Å². The van der Waals surface area contributed by atoms with E-state index < -0.39 is 23.4 Å². The Balaban J connectivity index is 1.94. The van der Waals surface area contributed by atoms with Gasteiger partial charge in [-0.3, -0.25) is 14.9 Å². The highest BCUT2D eigenvalue weighted by Crippen LogP contribution is 2.26. The van der Waals surface area contributed by atoms with E-state index in [1.165, 1.54) is 30.5 Å². The number of rotatable bonds is 5. The molecule has 1 aromatic heterocycles. The van der Waals surface area contributed by atoms with E-state index in [1.807, 2.05) is 0 Å². The fraction of sp³-hybridized carbons (Fsp3) is 0.0714. The molecule has 0 fully saturated rings. The monoisotopic (exact) mass is 369 g/mol. The highest BCUT2D eigenvalue weighted by molar-refractivity contribution is 6.34. The molecule has 0 unspecified atom stereocenters. The fourth-order valence-electron chi connectivity index (χ4n) is 1.63. The maximum absolute atomic E-state index is 11.8. The third kappa shape index (κ3) is 4.64. The Labute approximate surface area is 145 Å². The van der Waals surface area contributed by atoms with Crippen LogP contribution in [0.1, 0.15) is 10.5 Å². The second kappa shape index (κ2) is 7.71. The summed E-state index contributed by atoms with van der Waals surface area (Å²) < 4.78 is 4.80. The Bertz CT molecular complexity index is 813. The Morgan fingerprint density at radius 1 is 1.25 bits per heavy atom. The van der Waals surface area contributed by atoms with E-state index in [0.717, 1.165) is 6.07 Å². The largest absolute Gasteiger partial charge is 0.451 e. The summed E-state index contributed by atoms with van der Waals surface area (Å²) in [6, 6.07) is 6.35. The van der Waals surface area contributed by atoms with Crippen molar-refractivity contribution >= 4 is 46.5 Å². The lowest BCUT2D eigenvalue weighted by molar-refractivity contribution is -0.384. The van der Waals surface area contributed by atoms with Gasteiger partial charge in [0.2, 0.25) is 0 Å². The van der Waals surface area contributed by atoms with Gasteiger partial charge in [0, 0.05) is 23.4 Å². The molecule has 2 rings (SSSR count). The van der Waals surface area contributed by atoms with Crippen LogP contribution in [-0.4, -0.2) is 28.4 Å². The summed E-state index contributed by atoms with van der Waals surface area (Å²) in [4.78, 5) is 37.2. The van der Waals surface area contributed by atoms with E-state index in [4.69, 9.17) is 27.9 Å². The molecule has 0 aliphatic carbocycles. The minimum Gasteiger partial charge on any atom is -0.451 e. The normalized spacial score (nSPS) is 10.1. The lowest BCUT2D eigenvalue weighted by Crippen LogP contribution is -2.21. The molecule has 0 radical (unpaired) electrons. The maximum atomic E-state index is 11.8. The van der Waals surface area contributed by atoms with Gasteiger partial charge in [-0.2, -0.15) is 0 Å². The zero-order chi connectivity index (χ0) is 17.7. The number of carbonyl (C=O) groups is 2. The van der Waals surface area contributed by atoms with E-state index in [-0.39, 0.29) is 22.1 Å². The highest BCUT2D eigenvalue weighted by atomic mass is 35.5. The molecule has 0 aliphatic rings. The van der Waals surface area contributed by atoms with Gasteiger partial charge in [0.05, 0.1) is 15.6 Å². The number of ether oxygens (including phenoxy) is 1. The zero-order valence-electron chi connectivity index (χ0n) is 11.9. The molecule has 8 nitrogen and oxygen atoms in total. The Kier molecular flexibility index (Phi) is 5.67. The van der Waals surface area contributed by atoms with Crippen LogP contribution in [0.3, 0.4) is 0 Å². The molecule has 124 valence electrons. The topological polar surface area (TPSA) is 111 Å². The first-order chi connectivity index (χ1) is 11.4. The number of non-ortho nitro benzene ring substituents is 1. The van der Waals surface area contributed by atoms with Gasteiger partial charge in [0.1, 0.15) is 5.69 Å². The molecule has 0 bridgehead atoms. The van der Waals surface area contributed by atoms with Gasteiger partial charge in [0.25, 0.3) is 11.6 Å². The predicted molar refractivity (Wildman–Crippen MR) is 86.3 cm³/mol. The van der Waals surface area contributed by atoms with Crippen LogP contribution in [0.5, 0.6) is 0 Å². The molecular weight excluding hydrogens is 361 g/mol. The predicted octanol–water partition coefficient (Wildman–Crippen LogP) is 3.09. The summed E-state index contributed by atoms with van der Waals surface area (Å²) in [5, 5.41) is 13.3. The second-order valence-electron chi connectivity index (χ2n) is 4.40. The second-order valence-corrected chi connectivity index (χ2v) is 5.25. The molecule has 0 spiro atoms. The van der Waals surface area contributed by atoms with Crippen molar-refractivity contribution in [2.45, 2.75) is 0 Å². The van der Waals surface area contributed by atoms with E-state index in [0.29, 0.717) is 5.02 Å². The molecule has 24 heavy (non-hydrogen) atoms. The molecular formula is C14H9Cl2N3O5. The molecule has 1 heterocycles. The Morgan fingerprint density at radius 3 is 2.62 bits per heavy atom. The summed E-state index contributed by atoms with van der Waals surface area (Å²) in [6.45, 7) is -0.583. The van der Waals surface area contributed by atoms with Crippen LogP contribution in [-0.2, 0) is 9.53 Å². The van der Waals surface area contributed by atoms with Gasteiger partial charge in [-0.15, -0.1) is 0 Å². The molecule has 0 atom stereocenters. The average Bonchev–Trinajstić information content (AvgIpc) is 2.54. The zero-order valence-corrected chi connectivity index (χ0v) is 13.4. The number of hydrogen-bond donors (Lipinski definition) is 1. The maximum Gasteiger partial charge on any atom is 0.357 e. The quantitative estimate of drug-likeness (QED) is 0.492. The fourth-order valence-corrected chi connectivity index (χ4v) is 2.01. The smallest absolute Gasteiger partial charge is 0.357 e. The first-order valence-electron chi connectivity index (χ1n) is 6.39. The minimum absolute atomic E-state index is 0.0135. The first-order valence-corrected chi connectivity index (χ1v) is 7.15. The van der Waals surface area contributed by atoms with Crippen LogP contribution >= 0.6 is 23.2 Å². The standard InChI is InChI=1S/C14H9Cl2N3O5/c15-8-3-4-17-12(5-8)14(21)24-7-13(20)18-11-2-1-9(19(22)23)6-10(11)16/h1-6H,7H2,(H,18,20). The number of amides is 1. The van der Waals surface area contributed by atoms with Crippen molar-refractivity contribution in [2.24, 2.45) is 0 Å². The van der Waals surface area contributed by atoms with Crippen LogP contribution in [0.25, 0.3) is 0 Å². The van der Waals surface area contributed by atoms with Crippen LogP contribution in [0, 0.1) is 10.1 Å². The average molecular weight is 370 g/mol. The van der Waals surface area contributed by atoms with Gasteiger partial charge in [-0.1, -0.05) is 23.2 Å². The van der Waals surface area contributed by atoms with Crippen molar-refractivity contribution in [1.29, 1.82) is 0 Å². The number of nitrogens with one attached hydrogen (secondary N) is 1. The van der Waals surface area contributed by atoms with Crippen molar-refractivity contribution in [3.63, 3.8) is 0 Å². The molecule has 1 aromatic carbocycles. The number of pyridine rings is 1. The summed E-state index contributed by atoms with van der Waals surface area (Å²) in [6.07, 6.45) is 1.33. The van der Waals surface area contributed by atoms with Crippen molar-refractivity contribution in [3.8, 4) is 0 Å². The van der Waals surface area contributed by atoms with Crippen molar-refractivity contribution in [2.75, 3.05) is 11.9 Å².